The predicted octanol–water partition coefficient (Wildman–Crippen LogP) is 3.09. The van der Waals surface area contributed by atoms with E-state index in [2.05, 4.69) is 40.4 Å². The molecule has 124 valence electrons. The van der Waals surface area contributed by atoms with Gasteiger partial charge in [0.15, 0.2) is 0 Å². The Labute approximate surface area is 138 Å². The fraction of sp³-hybridized carbons (Fsp3) is 0.632. The zero-order chi connectivity index (χ0) is 15.8. The third kappa shape index (κ3) is 2.58. The van der Waals surface area contributed by atoms with E-state index >= 15 is 0 Å². The van der Waals surface area contributed by atoms with E-state index < -0.39 is 0 Å². The third-order valence-electron chi connectivity index (χ3n) is 6.43. The number of morpholine rings is 1. The first kappa shape index (κ1) is 15.2. The second-order valence-corrected chi connectivity index (χ2v) is 7.49. The van der Waals surface area contributed by atoms with Crippen molar-refractivity contribution in [2.45, 2.75) is 44.1 Å². The first-order valence-electron chi connectivity index (χ1n) is 8.85. The molecule has 0 radical (unpaired) electrons. The van der Waals surface area contributed by atoms with Crippen LogP contribution in [-0.2, 0) is 11.2 Å². The van der Waals surface area contributed by atoms with Crippen LogP contribution in [0.4, 0.5) is 0 Å². The van der Waals surface area contributed by atoms with Crippen LogP contribution in [-0.4, -0.2) is 47.7 Å². The molecule has 0 unspecified atom stereocenters. The highest BCUT2D eigenvalue weighted by Crippen LogP contribution is 2.54. The average molecular weight is 314 g/mol. The smallest absolute Gasteiger partial charge is 0.0654 e. The van der Waals surface area contributed by atoms with Gasteiger partial charge in [-0.15, -0.1) is 0 Å². The minimum atomic E-state index is 0.0736. The lowest BCUT2D eigenvalue weighted by molar-refractivity contribution is -0.0562. The van der Waals surface area contributed by atoms with Gasteiger partial charge in [-0.1, -0.05) is 35.5 Å². The maximum Gasteiger partial charge on any atom is 0.0654 e. The Morgan fingerprint density at radius 1 is 1.04 bits per heavy atom. The second kappa shape index (κ2) is 5.91. The van der Waals surface area contributed by atoms with Gasteiger partial charge in [0.25, 0.3) is 0 Å². The van der Waals surface area contributed by atoms with E-state index in [1.807, 2.05) is 0 Å². The number of oxime groups is 1. The minimum absolute atomic E-state index is 0.0736. The highest BCUT2D eigenvalue weighted by atomic mass is 16.5. The monoisotopic (exact) mass is 314 g/mol. The largest absolute Gasteiger partial charge is 0.411 e. The van der Waals surface area contributed by atoms with Gasteiger partial charge >= 0.3 is 0 Å². The summed E-state index contributed by atoms with van der Waals surface area (Å²) in [6.45, 7) is 3.71. The van der Waals surface area contributed by atoms with Gasteiger partial charge in [-0.3, -0.25) is 4.90 Å². The number of benzene rings is 1. The number of fused-ring (bicyclic) bond motifs is 3. The maximum absolute atomic E-state index is 9.71. The molecule has 0 atom stereocenters. The molecule has 5 rings (SSSR count). The highest BCUT2D eigenvalue weighted by molar-refractivity contribution is 5.92. The van der Waals surface area contributed by atoms with Crippen LogP contribution in [0.2, 0.25) is 0 Å². The topological polar surface area (TPSA) is 45.1 Å². The summed E-state index contributed by atoms with van der Waals surface area (Å²) in [5.74, 6) is 0. The normalized spacial score (nSPS) is 36.4. The summed E-state index contributed by atoms with van der Waals surface area (Å²) in [6.07, 6.45) is 6.65. The van der Waals surface area contributed by atoms with Crippen molar-refractivity contribution in [3.8, 4) is 0 Å². The van der Waals surface area contributed by atoms with E-state index in [4.69, 9.17) is 4.74 Å². The molecule has 4 aliphatic rings. The summed E-state index contributed by atoms with van der Waals surface area (Å²) < 4.78 is 5.52. The molecule has 1 saturated heterocycles. The molecule has 4 fully saturated rings. The highest BCUT2D eigenvalue weighted by Gasteiger charge is 2.55. The predicted molar refractivity (Wildman–Crippen MR) is 90.0 cm³/mol. The standard InChI is InChI=1S/C19H26N2O2/c22-20-17-15-19(21-10-12-23-13-11-21)8-6-18(17,7-9-19)14-16-4-2-1-3-5-16/h1-5,22H,6-15H2/b20-17+. The summed E-state index contributed by atoms with van der Waals surface area (Å²) in [5, 5.41) is 13.5. The van der Waals surface area contributed by atoms with E-state index in [1.54, 1.807) is 0 Å². The van der Waals surface area contributed by atoms with Crippen LogP contribution in [0.15, 0.2) is 35.5 Å². The number of hydrogen-bond donors (Lipinski definition) is 1. The summed E-state index contributed by atoms with van der Waals surface area (Å²) in [4.78, 5) is 2.60. The van der Waals surface area contributed by atoms with Gasteiger partial charge in [-0.25, -0.2) is 0 Å². The van der Waals surface area contributed by atoms with E-state index in [-0.39, 0.29) is 11.0 Å². The first-order valence-corrected chi connectivity index (χ1v) is 8.85. The van der Waals surface area contributed by atoms with Gasteiger partial charge in [-0.05, 0) is 37.7 Å². The van der Waals surface area contributed by atoms with Crippen molar-refractivity contribution in [2.75, 3.05) is 26.3 Å². The molecule has 0 aromatic heterocycles. The van der Waals surface area contributed by atoms with Gasteiger partial charge in [0.1, 0.15) is 0 Å². The van der Waals surface area contributed by atoms with Gasteiger partial charge in [-0.2, -0.15) is 0 Å². The Balaban J connectivity index is 1.57. The molecule has 3 saturated carbocycles. The summed E-state index contributed by atoms with van der Waals surface area (Å²) in [6, 6.07) is 10.7. The Morgan fingerprint density at radius 3 is 2.39 bits per heavy atom. The molecular formula is C19H26N2O2. The van der Waals surface area contributed by atoms with E-state index in [1.165, 1.54) is 18.4 Å². The zero-order valence-corrected chi connectivity index (χ0v) is 13.7. The summed E-state index contributed by atoms with van der Waals surface area (Å²) in [5.41, 5.74) is 2.67. The molecule has 4 heteroatoms. The van der Waals surface area contributed by atoms with Crippen molar-refractivity contribution in [3.05, 3.63) is 35.9 Å². The SMILES string of the molecule is O/N=C1\CC2(N3CCOCC3)CCC1(Cc1ccccc1)CC2. The maximum atomic E-state index is 9.71. The van der Waals surface area contributed by atoms with E-state index in [9.17, 15) is 5.21 Å². The molecule has 3 aliphatic carbocycles. The average Bonchev–Trinajstić information content (AvgIpc) is 2.64. The fourth-order valence-electron chi connectivity index (χ4n) is 5.03. The Morgan fingerprint density at radius 2 is 1.74 bits per heavy atom. The number of nitrogens with zero attached hydrogens (tertiary/aromatic N) is 2. The van der Waals surface area contributed by atoms with E-state index in [0.717, 1.165) is 57.7 Å². The van der Waals surface area contributed by atoms with Crippen LogP contribution in [0.1, 0.15) is 37.7 Å². The van der Waals surface area contributed by atoms with Crippen molar-refractivity contribution in [1.29, 1.82) is 0 Å². The molecular weight excluding hydrogens is 288 g/mol. The van der Waals surface area contributed by atoms with Crippen molar-refractivity contribution in [3.63, 3.8) is 0 Å². The van der Waals surface area contributed by atoms with Crippen LogP contribution >= 0.6 is 0 Å². The van der Waals surface area contributed by atoms with Gasteiger partial charge in [0, 0.05) is 30.5 Å². The first-order chi connectivity index (χ1) is 11.3. The molecule has 1 aromatic rings. The van der Waals surface area contributed by atoms with Crippen LogP contribution < -0.4 is 0 Å². The Bertz CT molecular complexity index is 570. The van der Waals surface area contributed by atoms with E-state index in [0.29, 0.717) is 0 Å². The van der Waals surface area contributed by atoms with Crippen molar-refractivity contribution in [2.24, 2.45) is 10.6 Å². The zero-order valence-electron chi connectivity index (χ0n) is 13.7. The molecule has 1 aromatic carbocycles. The Hall–Kier alpha value is -1.39. The molecule has 0 amide bonds. The molecule has 1 heterocycles. The lowest BCUT2D eigenvalue weighted by atomic mass is 9.54. The molecule has 1 aliphatic heterocycles. The van der Waals surface area contributed by atoms with Crippen molar-refractivity contribution < 1.29 is 9.94 Å². The summed E-state index contributed by atoms with van der Waals surface area (Å²) >= 11 is 0. The number of hydrogen-bond acceptors (Lipinski definition) is 4. The van der Waals surface area contributed by atoms with Gasteiger partial charge < -0.3 is 9.94 Å². The van der Waals surface area contributed by atoms with Crippen LogP contribution in [0.25, 0.3) is 0 Å². The third-order valence-corrected chi connectivity index (χ3v) is 6.43. The second-order valence-electron chi connectivity index (χ2n) is 7.49. The van der Waals surface area contributed by atoms with Crippen LogP contribution in [0, 0.1) is 5.41 Å². The van der Waals surface area contributed by atoms with Crippen LogP contribution in [0.5, 0.6) is 0 Å². The molecule has 0 spiro atoms. The number of ether oxygens (including phenoxy) is 1. The lowest BCUT2D eigenvalue weighted by Gasteiger charge is -2.58. The lowest BCUT2D eigenvalue weighted by Crippen LogP contribution is -2.63. The fourth-order valence-corrected chi connectivity index (χ4v) is 5.03. The van der Waals surface area contributed by atoms with Gasteiger partial charge in [0.05, 0.1) is 18.9 Å². The molecule has 2 bridgehead atoms. The number of rotatable bonds is 3. The Kier molecular flexibility index (Phi) is 3.90. The van der Waals surface area contributed by atoms with Crippen molar-refractivity contribution >= 4 is 5.71 Å². The van der Waals surface area contributed by atoms with Crippen LogP contribution in [0.3, 0.4) is 0 Å². The van der Waals surface area contributed by atoms with Gasteiger partial charge in [0.2, 0.25) is 0 Å². The quantitative estimate of drug-likeness (QED) is 0.689. The minimum Gasteiger partial charge on any atom is -0.411 e. The summed E-state index contributed by atoms with van der Waals surface area (Å²) in [7, 11) is 0. The molecule has 4 nitrogen and oxygen atoms in total. The molecule has 1 N–H and O–H groups in total. The molecule has 23 heavy (non-hydrogen) atoms. The van der Waals surface area contributed by atoms with Crippen molar-refractivity contribution in [1.82, 2.24) is 4.90 Å².